The van der Waals surface area contributed by atoms with Crippen molar-refractivity contribution >= 4 is 18.3 Å². The van der Waals surface area contributed by atoms with E-state index >= 15 is 0 Å². The van der Waals surface area contributed by atoms with Crippen molar-refractivity contribution in [1.29, 1.82) is 5.26 Å². The lowest BCUT2D eigenvalue weighted by atomic mass is 10.0. The smallest absolute Gasteiger partial charge is 0.228 e. The zero-order valence-electron chi connectivity index (χ0n) is 9.51. The van der Waals surface area contributed by atoms with Crippen LogP contribution in [0.5, 0.6) is 0 Å². The number of likely N-dealkylation sites (tertiary alicyclic amines) is 1. The number of nitrogens with zero attached hydrogens (tertiary/aromatic N) is 2. The Bertz CT molecular complexity index is 333. The Morgan fingerprint density at radius 2 is 2.18 bits per heavy atom. The number of nitriles is 1. The average Bonchev–Trinajstić information content (AvgIpc) is 2.83. The maximum Gasteiger partial charge on any atom is 0.228 e. The highest BCUT2D eigenvalue weighted by atomic mass is 35.5. The molecule has 2 rings (SSSR count). The van der Waals surface area contributed by atoms with Gasteiger partial charge >= 0.3 is 0 Å². The van der Waals surface area contributed by atoms with E-state index in [-0.39, 0.29) is 43.2 Å². The second kappa shape index (κ2) is 5.65. The van der Waals surface area contributed by atoms with Gasteiger partial charge in [0.25, 0.3) is 0 Å². The molecule has 6 heteroatoms. The molecule has 0 aromatic carbocycles. The zero-order chi connectivity index (χ0) is 11.7. The van der Waals surface area contributed by atoms with Crippen LogP contribution in [0.3, 0.4) is 0 Å². The average molecular weight is 262 g/mol. The first-order valence-electron chi connectivity index (χ1n) is 5.73. The van der Waals surface area contributed by atoms with E-state index in [0.29, 0.717) is 0 Å². The quantitative estimate of drug-likeness (QED) is 0.766. The van der Waals surface area contributed by atoms with Gasteiger partial charge in [0.1, 0.15) is 12.2 Å². The molecule has 0 spiro atoms. The van der Waals surface area contributed by atoms with Gasteiger partial charge in [-0.15, -0.1) is 12.4 Å². The molecular weight excluding hydrogens is 245 g/mol. The lowest BCUT2D eigenvalue weighted by molar-refractivity contribution is -0.135. The van der Waals surface area contributed by atoms with Crippen LogP contribution in [-0.4, -0.2) is 35.6 Å². The summed E-state index contributed by atoms with van der Waals surface area (Å²) < 4.78 is 13.2. The summed E-state index contributed by atoms with van der Waals surface area (Å²) in [5.41, 5.74) is 5.84. The zero-order valence-corrected chi connectivity index (χ0v) is 10.3. The fourth-order valence-electron chi connectivity index (χ4n) is 2.66. The Labute approximate surface area is 106 Å². The third kappa shape index (κ3) is 2.70. The van der Waals surface area contributed by atoms with E-state index in [4.69, 9.17) is 11.0 Å². The first-order chi connectivity index (χ1) is 7.63. The molecule has 4 nitrogen and oxygen atoms in total. The minimum absolute atomic E-state index is 0. The molecule has 17 heavy (non-hydrogen) atoms. The van der Waals surface area contributed by atoms with E-state index in [1.54, 1.807) is 0 Å². The van der Waals surface area contributed by atoms with Crippen LogP contribution in [0.1, 0.15) is 25.7 Å². The van der Waals surface area contributed by atoms with Gasteiger partial charge in [-0.05, 0) is 12.8 Å². The van der Waals surface area contributed by atoms with Crippen molar-refractivity contribution in [3.63, 3.8) is 0 Å². The third-order valence-corrected chi connectivity index (χ3v) is 3.57. The second-order valence-electron chi connectivity index (χ2n) is 4.67. The van der Waals surface area contributed by atoms with Crippen LogP contribution in [0.25, 0.3) is 0 Å². The van der Waals surface area contributed by atoms with E-state index in [1.165, 1.54) is 4.90 Å². The van der Waals surface area contributed by atoms with Crippen molar-refractivity contribution < 1.29 is 9.18 Å². The van der Waals surface area contributed by atoms with Crippen LogP contribution in [0.2, 0.25) is 0 Å². The molecule has 0 aromatic rings. The third-order valence-electron chi connectivity index (χ3n) is 3.57. The lowest BCUT2D eigenvalue weighted by Crippen LogP contribution is -2.43. The molecule has 0 radical (unpaired) electrons. The van der Waals surface area contributed by atoms with E-state index in [9.17, 15) is 9.18 Å². The summed E-state index contributed by atoms with van der Waals surface area (Å²) in [6, 6.07) is 1.27. The van der Waals surface area contributed by atoms with E-state index < -0.39 is 12.2 Å². The highest BCUT2D eigenvalue weighted by molar-refractivity contribution is 5.85. The molecule has 1 saturated heterocycles. The highest BCUT2D eigenvalue weighted by Gasteiger charge is 2.41. The van der Waals surface area contributed by atoms with Gasteiger partial charge in [0.15, 0.2) is 0 Å². The molecule has 0 aromatic heterocycles. The molecule has 96 valence electrons. The topological polar surface area (TPSA) is 70.1 Å². The maximum absolute atomic E-state index is 13.2. The predicted octanol–water partition coefficient (Wildman–Crippen LogP) is 0.998. The number of rotatable bonds is 1. The van der Waals surface area contributed by atoms with Gasteiger partial charge < -0.3 is 10.6 Å². The highest BCUT2D eigenvalue weighted by Crippen LogP contribution is 2.29. The molecule has 0 unspecified atom stereocenters. The van der Waals surface area contributed by atoms with Crippen molar-refractivity contribution in [2.24, 2.45) is 11.7 Å². The largest absolute Gasteiger partial charge is 0.327 e. The Morgan fingerprint density at radius 3 is 2.71 bits per heavy atom. The lowest BCUT2D eigenvalue weighted by Gasteiger charge is -2.24. The fourth-order valence-corrected chi connectivity index (χ4v) is 2.66. The number of alkyl halides is 1. The van der Waals surface area contributed by atoms with Crippen LogP contribution < -0.4 is 5.73 Å². The summed E-state index contributed by atoms with van der Waals surface area (Å²) in [7, 11) is 0. The van der Waals surface area contributed by atoms with Gasteiger partial charge in [-0.3, -0.25) is 4.79 Å². The first-order valence-corrected chi connectivity index (χ1v) is 5.73. The van der Waals surface area contributed by atoms with Gasteiger partial charge in [-0.1, -0.05) is 6.42 Å². The van der Waals surface area contributed by atoms with Crippen LogP contribution in [0.15, 0.2) is 0 Å². The number of hydrogen-bond donors (Lipinski definition) is 1. The van der Waals surface area contributed by atoms with Crippen molar-refractivity contribution in [2.45, 2.75) is 43.9 Å². The van der Waals surface area contributed by atoms with Crippen molar-refractivity contribution in [3.8, 4) is 6.07 Å². The molecule has 1 heterocycles. The number of halogens is 2. The number of carbonyl (C=O) groups is 1. The Morgan fingerprint density at radius 1 is 1.47 bits per heavy atom. The van der Waals surface area contributed by atoms with Crippen LogP contribution in [0, 0.1) is 17.2 Å². The fraction of sp³-hybridized carbons (Fsp3) is 0.818. The van der Waals surface area contributed by atoms with Crippen molar-refractivity contribution in [3.05, 3.63) is 0 Å². The molecule has 2 fully saturated rings. The molecule has 2 aliphatic rings. The summed E-state index contributed by atoms with van der Waals surface area (Å²) >= 11 is 0. The number of nitrogens with two attached hydrogens (primary N) is 1. The predicted molar refractivity (Wildman–Crippen MR) is 63.2 cm³/mol. The molecule has 1 aliphatic heterocycles. The van der Waals surface area contributed by atoms with Crippen LogP contribution in [0.4, 0.5) is 4.39 Å². The number of carbonyl (C=O) groups excluding carboxylic acids is 1. The van der Waals surface area contributed by atoms with Gasteiger partial charge in [0.05, 0.1) is 18.5 Å². The molecular formula is C11H17ClFN3O. The maximum atomic E-state index is 13.2. The molecule has 1 saturated carbocycles. The summed E-state index contributed by atoms with van der Waals surface area (Å²) in [6.07, 6.45) is 1.64. The van der Waals surface area contributed by atoms with Crippen molar-refractivity contribution in [1.82, 2.24) is 4.90 Å². The normalized spacial score (nSPS) is 36.4. The van der Waals surface area contributed by atoms with Gasteiger partial charge in [-0.25, -0.2) is 4.39 Å². The SMILES string of the molecule is Cl.N#C[C@@H]1C[C@H](F)CN1C(=O)[C@H]1CCC[C@H]1N. The molecule has 0 bridgehead atoms. The van der Waals surface area contributed by atoms with E-state index in [1.807, 2.05) is 6.07 Å². The Hall–Kier alpha value is -0.860. The van der Waals surface area contributed by atoms with Gasteiger partial charge in [0.2, 0.25) is 5.91 Å². The number of amides is 1. The van der Waals surface area contributed by atoms with Gasteiger partial charge in [0, 0.05) is 12.5 Å². The number of hydrogen-bond acceptors (Lipinski definition) is 3. The van der Waals surface area contributed by atoms with Crippen LogP contribution in [-0.2, 0) is 4.79 Å². The standard InChI is InChI=1S/C11H16FN3O.ClH/c12-7-4-8(5-13)15(6-7)11(16)9-2-1-3-10(9)14;/h7-10H,1-4,6,14H2;1H/t7-,8-,9-,10+;/m0./s1. The Kier molecular flexibility index (Phi) is 4.72. The summed E-state index contributed by atoms with van der Waals surface area (Å²) in [4.78, 5) is 13.5. The molecule has 4 atom stereocenters. The van der Waals surface area contributed by atoms with E-state index in [0.717, 1.165) is 19.3 Å². The summed E-state index contributed by atoms with van der Waals surface area (Å²) in [5, 5.41) is 8.87. The van der Waals surface area contributed by atoms with Gasteiger partial charge in [-0.2, -0.15) is 5.26 Å². The first kappa shape index (κ1) is 14.2. The second-order valence-corrected chi connectivity index (χ2v) is 4.67. The minimum Gasteiger partial charge on any atom is -0.327 e. The summed E-state index contributed by atoms with van der Waals surface area (Å²) in [6.45, 7) is 0.0558. The molecule has 1 aliphatic carbocycles. The minimum atomic E-state index is -1.06. The monoisotopic (exact) mass is 261 g/mol. The molecule has 2 N–H and O–H groups in total. The summed E-state index contributed by atoms with van der Waals surface area (Å²) in [5.74, 6) is -0.335. The Balaban J connectivity index is 0.00000144. The van der Waals surface area contributed by atoms with E-state index in [2.05, 4.69) is 0 Å². The van der Waals surface area contributed by atoms with Crippen LogP contribution >= 0.6 is 12.4 Å². The molecule has 1 amide bonds. The van der Waals surface area contributed by atoms with Crippen molar-refractivity contribution in [2.75, 3.05) is 6.54 Å².